The van der Waals surface area contributed by atoms with Crippen LogP contribution in [0.2, 0.25) is 0 Å². The van der Waals surface area contributed by atoms with Crippen molar-refractivity contribution in [3.8, 4) is 0 Å². The van der Waals surface area contributed by atoms with Crippen LogP contribution in [-0.2, 0) is 0 Å². The predicted octanol–water partition coefficient (Wildman–Crippen LogP) is 7.35. The summed E-state index contributed by atoms with van der Waals surface area (Å²) in [5.41, 5.74) is 2.96. The Balaban J connectivity index is 1.50. The van der Waals surface area contributed by atoms with Crippen LogP contribution >= 0.6 is 0 Å². The summed E-state index contributed by atoms with van der Waals surface area (Å²) in [5, 5.41) is 0. The smallest absolute Gasteiger partial charge is 0.0162 e. The fraction of sp³-hybridized carbons (Fsp3) is 0.652. The van der Waals surface area contributed by atoms with Crippen LogP contribution in [0.25, 0.3) is 6.08 Å². The lowest BCUT2D eigenvalue weighted by Gasteiger charge is -2.26. The van der Waals surface area contributed by atoms with Gasteiger partial charge in [0.05, 0.1) is 0 Å². The largest absolute Gasteiger partial charge is 0.0808 e. The fourth-order valence-corrected chi connectivity index (χ4v) is 4.64. The molecule has 1 aromatic carbocycles. The molecule has 0 aliphatic heterocycles. The molecule has 0 aromatic heterocycles. The van der Waals surface area contributed by atoms with Crippen LogP contribution in [0.1, 0.15) is 94.6 Å². The number of hydrogen-bond donors (Lipinski definition) is 0. The lowest BCUT2D eigenvalue weighted by atomic mass is 9.80. The zero-order valence-electron chi connectivity index (χ0n) is 15.0. The van der Waals surface area contributed by atoms with Crippen molar-refractivity contribution >= 4 is 6.08 Å². The van der Waals surface area contributed by atoms with Gasteiger partial charge in [0.1, 0.15) is 0 Å². The van der Waals surface area contributed by atoms with E-state index in [4.69, 9.17) is 0 Å². The molecule has 0 radical (unpaired) electrons. The first kappa shape index (κ1) is 16.8. The molecular weight excluding hydrogens is 276 g/mol. The molecule has 0 spiro atoms. The van der Waals surface area contributed by atoms with E-state index < -0.39 is 0 Å². The number of allylic oxidation sites excluding steroid dienone is 1. The summed E-state index contributed by atoms with van der Waals surface area (Å²) in [6, 6.07) is 9.44. The highest BCUT2D eigenvalue weighted by Crippen LogP contribution is 2.34. The number of benzene rings is 1. The maximum atomic E-state index is 2.48. The Hall–Kier alpha value is -1.04. The molecular formula is C23H34. The van der Waals surface area contributed by atoms with Gasteiger partial charge in [-0.05, 0) is 67.4 Å². The third-order valence-corrected chi connectivity index (χ3v) is 6.16. The van der Waals surface area contributed by atoms with Gasteiger partial charge in [-0.2, -0.15) is 0 Å². The first-order valence-electron chi connectivity index (χ1n) is 10.1. The average Bonchev–Trinajstić information content (AvgIpc) is 2.63. The Morgan fingerprint density at radius 1 is 0.870 bits per heavy atom. The molecule has 2 aliphatic carbocycles. The van der Waals surface area contributed by atoms with Crippen LogP contribution in [0, 0.1) is 11.8 Å². The lowest BCUT2D eigenvalue weighted by Crippen LogP contribution is -2.12. The Bertz CT molecular complexity index is 467. The van der Waals surface area contributed by atoms with Crippen molar-refractivity contribution < 1.29 is 0 Å². The van der Waals surface area contributed by atoms with Gasteiger partial charge in [0, 0.05) is 0 Å². The highest BCUT2D eigenvalue weighted by molar-refractivity contribution is 5.50. The van der Waals surface area contributed by atoms with Crippen LogP contribution in [0.15, 0.2) is 30.3 Å². The van der Waals surface area contributed by atoms with Gasteiger partial charge in [0.25, 0.3) is 0 Å². The predicted molar refractivity (Wildman–Crippen MR) is 102 cm³/mol. The van der Waals surface area contributed by atoms with Crippen molar-refractivity contribution in [2.75, 3.05) is 0 Å². The van der Waals surface area contributed by atoms with Crippen molar-refractivity contribution in [1.29, 1.82) is 0 Å². The molecule has 2 aliphatic rings. The molecule has 3 rings (SSSR count). The summed E-state index contributed by atoms with van der Waals surface area (Å²) in [7, 11) is 0. The van der Waals surface area contributed by atoms with Crippen LogP contribution in [0.3, 0.4) is 0 Å². The zero-order valence-corrected chi connectivity index (χ0v) is 15.0. The molecule has 0 heteroatoms. The second kappa shape index (κ2) is 8.71. The van der Waals surface area contributed by atoms with E-state index in [1.54, 1.807) is 5.56 Å². The van der Waals surface area contributed by atoms with Crippen molar-refractivity contribution in [3.63, 3.8) is 0 Å². The van der Waals surface area contributed by atoms with E-state index in [1.165, 1.54) is 76.2 Å². The molecule has 126 valence electrons. The molecule has 2 fully saturated rings. The monoisotopic (exact) mass is 310 g/mol. The fourth-order valence-electron chi connectivity index (χ4n) is 4.64. The van der Waals surface area contributed by atoms with E-state index >= 15 is 0 Å². The van der Waals surface area contributed by atoms with E-state index in [0.717, 1.165) is 17.8 Å². The highest BCUT2D eigenvalue weighted by Gasteiger charge is 2.18. The van der Waals surface area contributed by atoms with E-state index in [9.17, 15) is 0 Å². The third-order valence-electron chi connectivity index (χ3n) is 6.16. The SMILES string of the molecule is CCC[C@H]1CC[C@H](C=Cc2ccc(C3CCCCC3)cc2)CC1. The maximum Gasteiger partial charge on any atom is -0.0162 e. The molecule has 0 heterocycles. The minimum Gasteiger partial charge on any atom is -0.0808 e. The Morgan fingerprint density at radius 3 is 2.22 bits per heavy atom. The first-order valence-corrected chi connectivity index (χ1v) is 10.1. The molecule has 23 heavy (non-hydrogen) atoms. The molecule has 0 unspecified atom stereocenters. The van der Waals surface area contributed by atoms with E-state index in [0.29, 0.717) is 0 Å². The average molecular weight is 311 g/mol. The van der Waals surface area contributed by atoms with Gasteiger partial charge in [0.2, 0.25) is 0 Å². The normalized spacial score (nSPS) is 26.7. The van der Waals surface area contributed by atoms with Crippen molar-refractivity contribution in [3.05, 3.63) is 41.5 Å². The Morgan fingerprint density at radius 2 is 1.57 bits per heavy atom. The van der Waals surface area contributed by atoms with Gasteiger partial charge in [-0.25, -0.2) is 0 Å². The summed E-state index contributed by atoms with van der Waals surface area (Å²) in [4.78, 5) is 0. The van der Waals surface area contributed by atoms with Crippen molar-refractivity contribution in [1.82, 2.24) is 0 Å². The standard InChI is InChI=1S/C23H34/c1-2-6-19-9-11-20(12-10-19)13-14-21-15-17-23(18-16-21)22-7-4-3-5-8-22/h13-20,22H,2-12H2,1H3/t19-,20-. The lowest BCUT2D eigenvalue weighted by molar-refractivity contribution is 0.295. The van der Waals surface area contributed by atoms with E-state index in [2.05, 4.69) is 43.3 Å². The summed E-state index contributed by atoms with van der Waals surface area (Å²) in [6.45, 7) is 2.32. The molecule has 0 bridgehead atoms. The zero-order chi connectivity index (χ0) is 15.9. The van der Waals surface area contributed by atoms with Crippen molar-refractivity contribution in [2.45, 2.75) is 83.5 Å². The summed E-state index contributed by atoms with van der Waals surface area (Å²) < 4.78 is 0. The molecule has 2 saturated carbocycles. The maximum absolute atomic E-state index is 2.48. The second-order valence-electron chi connectivity index (χ2n) is 7.93. The molecule has 0 saturated heterocycles. The summed E-state index contributed by atoms with van der Waals surface area (Å²) >= 11 is 0. The minimum absolute atomic E-state index is 0.820. The molecule has 0 nitrogen and oxygen atoms in total. The molecule has 0 N–H and O–H groups in total. The van der Waals surface area contributed by atoms with Crippen LogP contribution in [0.5, 0.6) is 0 Å². The van der Waals surface area contributed by atoms with E-state index in [1.807, 2.05) is 0 Å². The van der Waals surface area contributed by atoms with Gasteiger partial charge in [-0.1, -0.05) is 75.4 Å². The third kappa shape index (κ3) is 4.96. The molecule has 1 aromatic rings. The van der Waals surface area contributed by atoms with Gasteiger partial charge in [0.15, 0.2) is 0 Å². The van der Waals surface area contributed by atoms with Crippen LogP contribution in [-0.4, -0.2) is 0 Å². The van der Waals surface area contributed by atoms with Crippen molar-refractivity contribution in [2.24, 2.45) is 11.8 Å². The van der Waals surface area contributed by atoms with Crippen LogP contribution < -0.4 is 0 Å². The van der Waals surface area contributed by atoms with Crippen LogP contribution in [0.4, 0.5) is 0 Å². The minimum atomic E-state index is 0.820. The first-order chi connectivity index (χ1) is 11.3. The second-order valence-corrected chi connectivity index (χ2v) is 7.93. The number of hydrogen-bond acceptors (Lipinski definition) is 0. The molecule has 0 atom stereocenters. The van der Waals surface area contributed by atoms with E-state index in [-0.39, 0.29) is 0 Å². The van der Waals surface area contributed by atoms with Gasteiger partial charge >= 0.3 is 0 Å². The highest BCUT2D eigenvalue weighted by atomic mass is 14.2. The topological polar surface area (TPSA) is 0 Å². The van der Waals surface area contributed by atoms with Gasteiger partial charge in [-0.15, -0.1) is 0 Å². The summed E-state index contributed by atoms with van der Waals surface area (Å²) in [6.07, 6.45) is 20.4. The molecule has 0 amide bonds. The van der Waals surface area contributed by atoms with Gasteiger partial charge in [-0.3, -0.25) is 0 Å². The number of rotatable bonds is 5. The Kier molecular flexibility index (Phi) is 6.37. The Labute approximate surface area is 143 Å². The van der Waals surface area contributed by atoms with Gasteiger partial charge < -0.3 is 0 Å². The quantitative estimate of drug-likeness (QED) is 0.533. The summed E-state index contributed by atoms with van der Waals surface area (Å²) in [5.74, 6) is 2.66.